The van der Waals surface area contributed by atoms with Crippen molar-refractivity contribution in [3.05, 3.63) is 41.5 Å². The van der Waals surface area contributed by atoms with Gasteiger partial charge in [-0.2, -0.15) is 0 Å². The smallest absolute Gasteiger partial charge is 0.259 e. The van der Waals surface area contributed by atoms with Crippen LogP contribution in [0.15, 0.2) is 35.9 Å². The van der Waals surface area contributed by atoms with Crippen LogP contribution in [0, 0.1) is 5.92 Å². The summed E-state index contributed by atoms with van der Waals surface area (Å²) < 4.78 is 0. The Bertz CT molecular complexity index is 534. The minimum atomic E-state index is -0.529. The molecule has 0 unspecified atom stereocenters. The maximum absolute atomic E-state index is 12.2. The standard InChI is InChI=1S/C15H17NO3/c1-3-9(2)12-14(18)11(15(19)16-12)13(17)10-7-5-4-6-8-10/h4-9,12,17H,3H2,1-2H3,(H,16,19)/b13-11-/t9-,12-/m0/s1. The first kappa shape index (κ1) is 13.3. The van der Waals surface area contributed by atoms with E-state index in [-0.39, 0.29) is 23.0 Å². The van der Waals surface area contributed by atoms with E-state index in [1.165, 1.54) is 0 Å². The van der Waals surface area contributed by atoms with Crippen LogP contribution >= 0.6 is 0 Å². The molecule has 0 radical (unpaired) electrons. The van der Waals surface area contributed by atoms with Crippen molar-refractivity contribution in [3.63, 3.8) is 0 Å². The van der Waals surface area contributed by atoms with Crippen LogP contribution in [0.1, 0.15) is 25.8 Å². The molecule has 0 bridgehead atoms. The van der Waals surface area contributed by atoms with Gasteiger partial charge in [0.15, 0.2) is 5.78 Å². The van der Waals surface area contributed by atoms with Gasteiger partial charge in [-0.3, -0.25) is 9.59 Å². The number of hydrogen-bond donors (Lipinski definition) is 2. The number of ketones is 1. The monoisotopic (exact) mass is 259 g/mol. The molecule has 2 atom stereocenters. The van der Waals surface area contributed by atoms with Gasteiger partial charge in [0.1, 0.15) is 11.3 Å². The molecule has 19 heavy (non-hydrogen) atoms. The quantitative estimate of drug-likeness (QED) is 0.496. The third-order valence-electron chi connectivity index (χ3n) is 3.54. The minimum Gasteiger partial charge on any atom is -0.506 e. The Hall–Kier alpha value is -2.10. The number of amides is 1. The Morgan fingerprint density at radius 3 is 2.53 bits per heavy atom. The molecule has 4 heteroatoms. The van der Waals surface area contributed by atoms with Gasteiger partial charge in [0, 0.05) is 5.56 Å². The Labute approximate surface area is 112 Å². The lowest BCUT2D eigenvalue weighted by atomic mass is 9.94. The van der Waals surface area contributed by atoms with E-state index in [9.17, 15) is 14.7 Å². The van der Waals surface area contributed by atoms with E-state index in [0.29, 0.717) is 5.56 Å². The van der Waals surface area contributed by atoms with Gasteiger partial charge in [-0.05, 0) is 5.92 Å². The Morgan fingerprint density at radius 2 is 1.95 bits per heavy atom. The van der Waals surface area contributed by atoms with Crippen molar-refractivity contribution in [1.82, 2.24) is 5.32 Å². The van der Waals surface area contributed by atoms with Gasteiger partial charge in [-0.15, -0.1) is 0 Å². The summed E-state index contributed by atoms with van der Waals surface area (Å²) in [5.74, 6) is -0.996. The summed E-state index contributed by atoms with van der Waals surface area (Å²) in [4.78, 5) is 24.1. The molecule has 1 fully saturated rings. The third-order valence-corrected chi connectivity index (χ3v) is 3.54. The molecule has 0 saturated carbocycles. The molecule has 2 rings (SSSR count). The Kier molecular flexibility index (Phi) is 3.69. The summed E-state index contributed by atoms with van der Waals surface area (Å²) in [6, 6.07) is 8.10. The molecule has 1 amide bonds. The van der Waals surface area contributed by atoms with Crippen molar-refractivity contribution in [2.24, 2.45) is 5.92 Å². The second-order valence-corrected chi connectivity index (χ2v) is 4.79. The lowest BCUT2D eigenvalue weighted by Gasteiger charge is -2.14. The highest BCUT2D eigenvalue weighted by atomic mass is 16.3. The first-order valence-electron chi connectivity index (χ1n) is 6.40. The van der Waals surface area contributed by atoms with Gasteiger partial charge in [-0.25, -0.2) is 0 Å². The van der Waals surface area contributed by atoms with Crippen molar-refractivity contribution < 1.29 is 14.7 Å². The van der Waals surface area contributed by atoms with E-state index >= 15 is 0 Å². The number of aliphatic hydroxyl groups excluding tert-OH is 1. The van der Waals surface area contributed by atoms with Gasteiger partial charge in [0.2, 0.25) is 0 Å². The number of hydrogen-bond acceptors (Lipinski definition) is 3. The summed E-state index contributed by atoms with van der Waals surface area (Å²) >= 11 is 0. The number of benzene rings is 1. The third kappa shape index (κ3) is 2.38. The van der Waals surface area contributed by atoms with E-state index in [4.69, 9.17) is 0 Å². The zero-order chi connectivity index (χ0) is 14.0. The molecule has 1 aliphatic rings. The number of carbonyl (C=O) groups excluding carboxylic acids is 2. The van der Waals surface area contributed by atoms with Gasteiger partial charge < -0.3 is 10.4 Å². The SMILES string of the molecule is CC[C@H](C)[C@@H]1NC(=O)/C(=C(\O)c2ccccc2)C1=O. The van der Waals surface area contributed by atoms with Crippen LogP contribution in [0.5, 0.6) is 0 Å². The molecule has 1 saturated heterocycles. The van der Waals surface area contributed by atoms with Crippen LogP contribution in [-0.2, 0) is 9.59 Å². The van der Waals surface area contributed by atoms with Gasteiger partial charge >= 0.3 is 0 Å². The van der Waals surface area contributed by atoms with Crippen LogP contribution in [0.25, 0.3) is 5.76 Å². The predicted molar refractivity (Wildman–Crippen MR) is 72.4 cm³/mol. The highest BCUT2D eigenvalue weighted by Crippen LogP contribution is 2.25. The fourth-order valence-electron chi connectivity index (χ4n) is 2.15. The molecule has 1 heterocycles. The number of Topliss-reactive ketones (excluding diaryl/α,β-unsaturated/α-hetero) is 1. The molecular formula is C15H17NO3. The highest BCUT2D eigenvalue weighted by molar-refractivity contribution is 6.30. The molecule has 0 aromatic heterocycles. The summed E-state index contributed by atoms with van der Waals surface area (Å²) in [7, 11) is 0. The summed E-state index contributed by atoms with van der Waals surface area (Å²) in [5, 5.41) is 12.8. The van der Waals surface area contributed by atoms with E-state index in [1.54, 1.807) is 30.3 Å². The Balaban J connectivity index is 2.40. The van der Waals surface area contributed by atoms with E-state index in [1.807, 2.05) is 13.8 Å². The number of nitrogens with one attached hydrogen (secondary N) is 1. The molecule has 1 aliphatic heterocycles. The Morgan fingerprint density at radius 1 is 1.32 bits per heavy atom. The van der Waals surface area contributed by atoms with Crippen molar-refractivity contribution in [2.45, 2.75) is 26.3 Å². The molecule has 0 spiro atoms. The van der Waals surface area contributed by atoms with Crippen molar-refractivity contribution in [3.8, 4) is 0 Å². The highest BCUT2D eigenvalue weighted by Gasteiger charge is 2.40. The lowest BCUT2D eigenvalue weighted by Crippen LogP contribution is -2.35. The zero-order valence-electron chi connectivity index (χ0n) is 11.0. The van der Waals surface area contributed by atoms with E-state index < -0.39 is 11.9 Å². The number of carbonyl (C=O) groups is 2. The largest absolute Gasteiger partial charge is 0.506 e. The maximum Gasteiger partial charge on any atom is 0.259 e. The van der Waals surface area contributed by atoms with Crippen LogP contribution in [0.2, 0.25) is 0 Å². The molecule has 1 aromatic rings. The van der Waals surface area contributed by atoms with Crippen molar-refractivity contribution in [2.75, 3.05) is 0 Å². The lowest BCUT2D eigenvalue weighted by molar-refractivity contribution is -0.117. The second kappa shape index (κ2) is 5.26. The number of rotatable bonds is 3. The van der Waals surface area contributed by atoms with Gasteiger partial charge in [-0.1, -0.05) is 50.6 Å². The normalized spacial score (nSPS) is 23.2. The van der Waals surface area contributed by atoms with Crippen LogP contribution in [-0.4, -0.2) is 22.8 Å². The second-order valence-electron chi connectivity index (χ2n) is 4.79. The first-order valence-corrected chi connectivity index (χ1v) is 6.40. The topological polar surface area (TPSA) is 66.4 Å². The summed E-state index contributed by atoms with van der Waals surface area (Å²) in [6.45, 7) is 3.87. The minimum absolute atomic E-state index is 0.0533. The van der Waals surface area contributed by atoms with E-state index in [2.05, 4.69) is 5.32 Å². The van der Waals surface area contributed by atoms with Crippen LogP contribution in [0.4, 0.5) is 0 Å². The van der Waals surface area contributed by atoms with E-state index in [0.717, 1.165) is 6.42 Å². The molecule has 4 nitrogen and oxygen atoms in total. The molecule has 2 N–H and O–H groups in total. The van der Waals surface area contributed by atoms with Gasteiger partial charge in [0.25, 0.3) is 5.91 Å². The van der Waals surface area contributed by atoms with Crippen LogP contribution < -0.4 is 5.32 Å². The zero-order valence-corrected chi connectivity index (χ0v) is 11.0. The first-order chi connectivity index (χ1) is 9.06. The average molecular weight is 259 g/mol. The van der Waals surface area contributed by atoms with Crippen molar-refractivity contribution in [1.29, 1.82) is 0 Å². The van der Waals surface area contributed by atoms with Crippen molar-refractivity contribution >= 4 is 17.4 Å². The average Bonchev–Trinajstić information content (AvgIpc) is 2.73. The number of aliphatic hydroxyl groups is 1. The molecular weight excluding hydrogens is 242 g/mol. The summed E-state index contributed by atoms with van der Waals surface area (Å²) in [6.07, 6.45) is 0.788. The fourth-order valence-corrected chi connectivity index (χ4v) is 2.15. The predicted octanol–water partition coefficient (Wildman–Crippen LogP) is 2.07. The van der Waals surface area contributed by atoms with Crippen LogP contribution in [0.3, 0.4) is 0 Å². The maximum atomic E-state index is 12.2. The fraction of sp³-hybridized carbons (Fsp3) is 0.333. The molecule has 100 valence electrons. The molecule has 1 aromatic carbocycles. The summed E-state index contributed by atoms with van der Waals surface area (Å²) in [5.41, 5.74) is 0.349. The molecule has 0 aliphatic carbocycles. The van der Waals surface area contributed by atoms with Gasteiger partial charge in [0.05, 0.1) is 6.04 Å².